The van der Waals surface area contributed by atoms with Gasteiger partial charge in [-0.3, -0.25) is 9.59 Å². The molecule has 58 valence electrons. The summed E-state index contributed by atoms with van der Waals surface area (Å²) in [4.78, 5) is 27.1. The lowest BCUT2D eigenvalue weighted by Crippen LogP contribution is -2.21. The highest BCUT2D eigenvalue weighted by atomic mass is 16.1. The lowest BCUT2D eigenvalue weighted by atomic mass is 10.4. The van der Waals surface area contributed by atoms with Crippen LogP contribution in [0.25, 0.3) is 0 Å². The second kappa shape index (κ2) is 2.53. The van der Waals surface area contributed by atoms with E-state index in [4.69, 9.17) is 5.73 Å². The highest BCUT2D eigenvalue weighted by Crippen LogP contribution is 1.84. The predicted octanol–water partition coefficient (Wildman–Crippen LogP) is -0.823. The molecule has 11 heavy (non-hydrogen) atoms. The van der Waals surface area contributed by atoms with Crippen molar-refractivity contribution < 1.29 is 4.79 Å². The first-order valence-corrected chi connectivity index (χ1v) is 2.97. The number of aromatic nitrogens is 2. The Hall–Kier alpha value is -1.65. The first-order chi connectivity index (χ1) is 5.11. The van der Waals surface area contributed by atoms with Crippen molar-refractivity contribution in [3.8, 4) is 0 Å². The van der Waals surface area contributed by atoms with E-state index in [0.29, 0.717) is 5.56 Å². The number of hydrogen-bond acceptors (Lipinski definition) is 3. The normalized spacial score (nSPS) is 9.55. The summed E-state index contributed by atoms with van der Waals surface area (Å²) in [5.74, 6) is -0.845. The molecule has 0 saturated carbocycles. The van der Waals surface area contributed by atoms with E-state index in [1.165, 1.54) is 6.20 Å². The standard InChI is InChI=1S/C6H7N3O2/c1-3-2-8-5(4(7)10)9-6(3)11/h2H,1H3,(H2,7,10)(H,8,9,11). The number of amides is 1. The fourth-order valence-corrected chi connectivity index (χ4v) is 0.584. The summed E-state index contributed by atoms with van der Waals surface area (Å²) in [6.45, 7) is 1.59. The van der Waals surface area contributed by atoms with Crippen molar-refractivity contribution in [2.45, 2.75) is 6.92 Å². The molecule has 0 aliphatic rings. The summed E-state index contributed by atoms with van der Waals surface area (Å²) in [6.07, 6.45) is 1.30. The molecule has 1 heterocycles. The summed E-state index contributed by atoms with van der Waals surface area (Å²) in [6, 6.07) is 0. The van der Waals surface area contributed by atoms with Gasteiger partial charge in [-0.1, -0.05) is 0 Å². The average Bonchev–Trinajstić information content (AvgIpc) is 1.94. The summed E-state index contributed by atoms with van der Waals surface area (Å²) >= 11 is 0. The predicted molar refractivity (Wildman–Crippen MR) is 38.1 cm³/mol. The molecule has 0 unspecified atom stereocenters. The van der Waals surface area contributed by atoms with E-state index in [-0.39, 0.29) is 11.4 Å². The van der Waals surface area contributed by atoms with E-state index in [2.05, 4.69) is 9.97 Å². The molecule has 5 nitrogen and oxygen atoms in total. The SMILES string of the molecule is Cc1cnc(C(N)=O)[nH]c1=O. The van der Waals surface area contributed by atoms with Gasteiger partial charge < -0.3 is 10.7 Å². The summed E-state index contributed by atoms with van der Waals surface area (Å²) < 4.78 is 0. The van der Waals surface area contributed by atoms with Gasteiger partial charge in [-0.15, -0.1) is 0 Å². The van der Waals surface area contributed by atoms with Crippen LogP contribution in [0.5, 0.6) is 0 Å². The van der Waals surface area contributed by atoms with Crippen molar-refractivity contribution in [2.75, 3.05) is 0 Å². The zero-order valence-electron chi connectivity index (χ0n) is 5.92. The van der Waals surface area contributed by atoms with Crippen LogP contribution in [-0.4, -0.2) is 15.9 Å². The van der Waals surface area contributed by atoms with Crippen LogP contribution in [0.1, 0.15) is 16.2 Å². The maximum absolute atomic E-state index is 10.8. The largest absolute Gasteiger partial charge is 0.363 e. The zero-order valence-corrected chi connectivity index (χ0v) is 5.92. The first-order valence-electron chi connectivity index (χ1n) is 2.97. The molecule has 0 aliphatic carbocycles. The Kier molecular flexibility index (Phi) is 1.72. The topological polar surface area (TPSA) is 88.8 Å². The van der Waals surface area contributed by atoms with Gasteiger partial charge in [0, 0.05) is 11.8 Å². The van der Waals surface area contributed by atoms with Crippen LogP contribution in [-0.2, 0) is 0 Å². The monoisotopic (exact) mass is 153 g/mol. The number of nitrogens with zero attached hydrogens (tertiary/aromatic N) is 1. The minimum Gasteiger partial charge on any atom is -0.363 e. The van der Waals surface area contributed by atoms with E-state index in [1.54, 1.807) is 6.92 Å². The second-order valence-corrected chi connectivity index (χ2v) is 2.11. The second-order valence-electron chi connectivity index (χ2n) is 2.11. The lowest BCUT2D eigenvalue weighted by Gasteiger charge is -1.93. The number of primary amides is 1. The fraction of sp³-hybridized carbons (Fsp3) is 0.167. The Bertz CT molecular complexity index is 342. The van der Waals surface area contributed by atoms with Gasteiger partial charge in [-0.25, -0.2) is 4.98 Å². The van der Waals surface area contributed by atoms with Gasteiger partial charge in [-0.05, 0) is 6.92 Å². The fourth-order valence-electron chi connectivity index (χ4n) is 0.584. The number of hydrogen-bond donors (Lipinski definition) is 2. The molecule has 1 rings (SSSR count). The molecule has 0 saturated heterocycles. The van der Waals surface area contributed by atoms with E-state index < -0.39 is 5.91 Å². The number of nitrogens with two attached hydrogens (primary N) is 1. The Morgan fingerprint density at radius 1 is 1.73 bits per heavy atom. The molecule has 0 bridgehead atoms. The molecule has 5 heteroatoms. The van der Waals surface area contributed by atoms with E-state index in [9.17, 15) is 9.59 Å². The van der Waals surface area contributed by atoms with Crippen molar-refractivity contribution >= 4 is 5.91 Å². The maximum Gasteiger partial charge on any atom is 0.284 e. The number of H-pyrrole nitrogens is 1. The number of aromatic amines is 1. The van der Waals surface area contributed by atoms with Crippen LogP contribution in [0.3, 0.4) is 0 Å². The first kappa shape index (κ1) is 7.46. The Labute approximate surface area is 62.3 Å². The Morgan fingerprint density at radius 2 is 2.36 bits per heavy atom. The molecule has 1 amide bonds. The molecule has 0 aliphatic heterocycles. The molecule has 0 fully saturated rings. The quantitative estimate of drug-likeness (QED) is 0.552. The average molecular weight is 153 g/mol. The van der Waals surface area contributed by atoms with Gasteiger partial charge in [0.15, 0.2) is 5.82 Å². The number of aryl methyl sites for hydroxylation is 1. The third-order valence-corrected chi connectivity index (χ3v) is 1.21. The van der Waals surface area contributed by atoms with Crippen LogP contribution in [0.4, 0.5) is 0 Å². The summed E-state index contributed by atoms with van der Waals surface area (Å²) in [7, 11) is 0. The van der Waals surface area contributed by atoms with Crippen molar-refractivity contribution in [3.05, 3.63) is 27.9 Å². The van der Waals surface area contributed by atoms with Gasteiger partial charge in [-0.2, -0.15) is 0 Å². The minimum absolute atomic E-state index is 0.111. The summed E-state index contributed by atoms with van der Waals surface area (Å²) in [5, 5.41) is 0. The number of rotatable bonds is 1. The molecule has 3 N–H and O–H groups in total. The van der Waals surface area contributed by atoms with E-state index >= 15 is 0 Å². The molecule has 0 aromatic carbocycles. The van der Waals surface area contributed by atoms with Gasteiger partial charge in [0.05, 0.1) is 0 Å². The lowest BCUT2D eigenvalue weighted by molar-refractivity contribution is 0.0990. The van der Waals surface area contributed by atoms with E-state index in [0.717, 1.165) is 0 Å². The van der Waals surface area contributed by atoms with Crippen LogP contribution in [0.2, 0.25) is 0 Å². The van der Waals surface area contributed by atoms with Crippen LogP contribution in [0.15, 0.2) is 11.0 Å². The Balaban J connectivity index is 3.26. The van der Waals surface area contributed by atoms with Crippen molar-refractivity contribution in [1.82, 2.24) is 9.97 Å². The maximum atomic E-state index is 10.8. The number of nitrogens with one attached hydrogen (secondary N) is 1. The highest BCUT2D eigenvalue weighted by Gasteiger charge is 2.02. The van der Waals surface area contributed by atoms with Gasteiger partial charge >= 0.3 is 0 Å². The molecular formula is C6H7N3O2. The van der Waals surface area contributed by atoms with Crippen molar-refractivity contribution in [2.24, 2.45) is 5.73 Å². The minimum atomic E-state index is -0.734. The third-order valence-electron chi connectivity index (χ3n) is 1.21. The third kappa shape index (κ3) is 1.43. The van der Waals surface area contributed by atoms with Gasteiger partial charge in [0.1, 0.15) is 0 Å². The number of carbonyl (C=O) groups excluding carboxylic acids is 1. The van der Waals surface area contributed by atoms with E-state index in [1.807, 2.05) is 0 Å². The van der Waals surface area contributed by atoms with Crippen LogP contribution in [0, 0.1) is 6.92 Å². The molecule has 1 aromatic heterocycles. The molecule has 0 spiro atoms. The Morgan fingerprint density at radius 3 is 2.82 bits per heavy atom. The molecule has 1 aromatic rings. The summed E-state index contributed by atoms with van der Waals surface area (Å²) in [5.41, 5.74) is 4.98. The van der Waals surface area contributed by atoms with Crippen molar-refractivity contribution in [1.29, 1.82) is 0 Å². The van der Waals surface area contributed by atoms with Crippen LogP contribution >= 0.6 is 0 Å². The molecule has 0 atom stereocenters. The molecule has 0 radical (unpaired) electrons. The zero-order chi connectivity index (χ0) is 8.43. The van der Waals surface area contributed by atoms with Crippen molar-refractivity contribution in [3.63, 3.8) is 0 Å². The number of carbonyl (C=O) groups is 1. The van der Waals surface area contributed by atoms with Gasteiger partial charge in [0.2, 0.25) is 0 Å². The highest BCUT2D eigenvalue weighted by molar-refractivity contribution is 5.88. The molecular weight excluding hydrogens is 146 g/mol. The van der Waals surface area contributed by atoms with Gasteiger partial charge in [0.25, 0.3) is 11.5 Å². The van der Waals surface area contributed by atoms with Crippen LogP contribution < -0.4 is 11.3 Å². The smallest absolute Gasteiger partial charge is 0.284 e.